The van der Waals surface area contributed by atoms with Crippen molar-refractivity contribution in [2.45, 2.75) is 6.42 Å². The first-order valence-electron chi connectivity index (χ1n) is 6.89. The van der Waals surface area contributed by atoms with E-state index < -0.39 is 0 Å². The van der Waals surface area contributed by atoms with Crippen molar-refractivity contribution in [2.75, 3.05) is 19.6 Å². The summed E-state index contributed by atoms with van der Waals surface area (Å²) in [5.41, 5.74) is 7.02. The van der Waals surface area contributed by atoms with Gasteiger partial charge in [0.05, 0.1) is 5.02 Å². The highest BCUT2D eigenvalue weighted by Gasteiger charge is 2.27. The van der Waals surface area contributed by atoms with Gasteiger partial charge in [-0.05, 0) is 24.9 Å². The molecule has 1 saturated heterocycles. The summed E-state index contributed by atoms with van der Waals surface area (Å²) in [6.45, 7) is 2.12. The quantitative estimate of drug-likeness (QED) is 0.945. The van der Waals surface area contributed by atoms with Crippen molar-refractivity contribution in [2.24, 2.45) is 11.7 Å². The van der Waals surface area contributed by atoms with Crippen molar-refractivity contribution < 1.29 is 4.79 Å². The lowest BCUT2D eigenvalue weighted by molar-refractivity contribution is 0.0783. The molecule has 6 heteroatoms. The third-order valence-corrected chi connectivity index (χ3v) is 4.94. The lowest BCUT2D eigenvalue weighted by atomic mass is 10.1. The number of carbonyl (C=O) groups is 1. The van der Waals surface area contributed by atoms with Crippen LogP contribution < -0.4 is 5.73 Å². The Kier molecular flexibility index (Phi) is 4.24. The molecule has 1 aromatic carbocycles. The number of benzene rings is 1. The van der Waals surface area contributed by atoms with Crippen LogP contribution in [-0.4, -0.2) is 35.4 Å². The molecule has 21 heavy (non-hydrogen) atoms. The zero-order valence-corrected chi connectivity index (χ0v) is 13.0. The van der Waals surface area contributed by atoms with Crippen LogP contribution in [0.15, 0.2) is 29.6 Å². The van der Waals surface area contributed by atoms with Crippen LogP contribution in [0.3, 0.4) is 0 Å². The number of hydrogen-bond donors (Lipinski definition) is 1. The zero-order chi connectivity index (χ0) is 14.8. The summed E-state index contributed by atoms with van der Waals surface area (Å²) in [5.74, 6) is 0.399. The Hall–Kier alpha value is -1.43. The number of amides is 1. The van der Waals surface area contributed by atoms with Gasteiger partial charge in [-0.25, -0.2) is 4.98 Å². The summed E-state index contributed by atoms with van der Waals surface area (Å²) in [5, 5.41) is 3.23. The lowest BCUT2D eigenvalue weighted by Gasteiger charge is -2.14. The van der Waals surface area contributed by atoms with Gasteiger partial charge in [-0.3, -0.25) is 4.79 Å². The fraction of sp³-hybridized carbons (Fsp3) is 0.333. The molecule has 2 aromatic rings. The lowest BCUT2D eigenvalue weighted by Crippen LogP contribution is -2.30. The molecule has 3 rings (SSSR count). The Balaban J connectivity index is 1.79. The summed E-state index contributed by atoms with van der Waals surface area (Å²) >= 11 is 7.61. The highest BCUT2D eigenvalue weighted by atomic mass is 35.5. The highest BCUT2D eigenvalue weighted by Crippen LogP contribution is 2.30. The largest absolute Gasteiger partial charge is 0.337 e. The third kappa shape index (κ3) is 2.95. The van der Waals surface area contributed by atoms with Crippen molar-refractivity contribution in [3.63, 3.8) is 0 Å². The first-order chi connectivity index (χ1) is 10.2. The van der Waals surface area contributed by atoms with Crippen molar-refractivity contribution >= 4 is 28.8 Å². The first kappa shape index (κ1) is 14.5. The van der Waals surface area contributed by atoms with E-state index in [0.717, 1.165) is 30.1 Å². The molecule has 0 radical (unpaired) electrons. The second-order valence-corrected chi connectivity index (χ2v) is 6.42. The standard InChI is InChI=1S/C15H16ClN3OS/c16-12-4-2-1-3-11(12)14-18-13(9-21-14)15(20)19-6-5-10(7-17)8-19/h1-4,9-10H,5-8,17H2. The van der Waals surface area contributed by atoms with Gasteiger partial charge in [-0.2, -0.15) is 0 Å². The maximum absolute atomic E-state index is 12.4. The molecule has 0 spiro atoms. The minimum Gasteiger partial charge on any atom is -0.337 e. The van der Waals surface area contributed by atoms with Crippen molar-refractivity contribution in [3.8, 4) is 10.6 Å². The fourth-order valence-corrected chi connectivity index (χ4v) is 3.62. The average Bonchev–Trinajstić information content (AvgIpc) is 3.16. The van der Waals surface area contributed by atoms with Crippen LogP contribution in [0.1, 0.15) is 16.9 Å². The van der Waals surface area contributed by atoms with Crippen molar-refractivity contribution in [1.29, 1.82) is 0 Å². The number of aromatic nitrogens is 1. The molecule has 4 nitrogen and oxygen atoms in total. The number of thiazole rings is 1. The van der Waals surface area contributed by atoms with Gasteiger partial charge in [0, 0.05) is 24.0 Å². The fourth-order valence-electron chi connectivity index (χ4n) is 2.50. The first-order valence-corrected chi connectivity index (χ1v) is 8.14. The Morgan fingerprint density at radius 2 is 2.29 bits per heavy atom. The molecule has 0 bridgehead atoms. The summed E-state index contributed by atoms with van der Waals surface area (Å²) in [7, 11) is 0. The van der Waals surface area contributed by atoms with Gasteiger partial charge >= 0.3 is 0 Å². The molecule has 1 aliphatic heterocycles. The molecule has 0 aliphatic carbocycles. The monoisotopic (exact) mass is 321 g/mol. The van der Waals surface area contributed by atoms with E-state index in [4.69, 9.17) is 17.3 Å². The molecular formula is C15H16ClN3OS. The van der Waals surface area contributed by atoms with E-state index >= 15 is 0 Å². The predicted molar refractivity (Wildman–Crippen MR) is 85.6 cm³/mol. The molecule has 1 unspecified atom stereocenters. The van der Waals surface area contributed by atoms with E-state index in [9.17, 15) is 4.79 Å². The van der Waals surface area contributed by atoms with Crippen LogP contribution in [0.2, 0.25) is 5.02 Å². The number of carbonyl (C=O) groups excluding carboxylic acids is 1. The molecule has 2 heterocycles. The number of nitrogens with two attached hydrogens (primary N) is 1. The Bertz CT molecular complexity index is 658. The third-order valence-electron chi connectivity index (χ3n) is 3.73. The number of rotatable bonds is 3. The van der Waals surface area contributed by atoms with E-state index in [1.54, 1.807) is 5.38 Å². The maximum Gasteiger partial charge on any atom is 0.273 e. The summed E-state index contributed by atoms with van der Waals surface area (Å²) in [4.78, 5) is 18.7. The summed E-state index contributed by atoms with van der Waals surface area (Å²) in [6, 6.07) is 7.53. The van der Waals surface area contributed by atoms with Gasteiger partial charge in [0.25, 0.3) is 5.91 Å². The molecule has 110 valence electrons. The van der Waals surface area contributed by atoms with E-state index in [0.29, 0.717) is 23.2 Å². The van der Waals surface area contributed by atoms with Crippen LogP contribution in [0.4, 0.5) is 0 Å². The molecule has 1 aliphatic rings. The van der Waals surface area contributed by atoms with E-state index in [1.165, 1.54) is 11.3 Å². The van der Waals surface area contributed by atoms with Gasteiger partial charge < -0.3 is 10.6 Å². The molecule has 1 fully saturated rings. The second kappa shape index (κ2) is 6.13. The number of nitrogens with zero attached hydrogens (tertiary/aromatic N) is 2. The second-order valence-electron chi connectivity index (χ2n) is 5.16. The van der Waals surface area contributed by atoms with Gasteiger partial charge in [0.2, 0.25) is 0 Å². The normalized spacial score (nSPS) is 18.2. The number of hydrogen-bond acceptors (Lipinski definition) is 4. The highest BCUT2D eigenvalue weighted by molar-refractivity contribution is 7.13. The van der Waals surface area contributed by atoms with Crippen LogP contribution in [0.25, 0.3) is 10.6 Å². The summed E-state index contributed by atoms with van der Waals surface area (Å²) < 4.78 is 0. The van der Waals surface area contributed by atoms with Crippen LogP contribution >= 0.6 is 22.9 Å². The van der Waals surface area contributed by atoms with E-state index in [1.807, 2.05) is 29.2 Å². The van der Waals surface area contributed by atoms with Gasteiger partial charge in [-0.15, -0.1) is 11.3 Å². The minimum atomic E-state index is -0.0134. The van der Waals surface area contributed by atoms with Gasteiger partial charge in [-0.1, -0.05) is 29.8 Å². The molecule has 1 amide bonds. The molecule has 1 aromatic heterocycles. The van der Waals surface area contributed by atoms with E-state index in [2.05, 4.69) is 4.98 Å². The number of likely N-dealkylation sites (tertiary alicyclic amines) is 1. The van der Waals surface area contributed by atoms with Crippen molar-refractivity contribution in [1.82, 2.24) is 9.88 Å². The summed E-state index contributed by atoms with van der Waals surface area (Å²) in [6.07, 6.45) is 0.976. The number of halogens is 1. The minimum absolute atomic E-state index is 0.0134. The Morgan fingerprint density at radius 3 is 3.00 bits per heavy atom. The van der Waals surface area contributed by atoms with Crippen LogP contribution in [-0.2, 0) is 0 Å². The van der Waals surface area contributed by atoms with Gasteiger partial charge in [0.1, 0.15) is 10.7 Å². The maximum atomic E-state index is 12.4. The average molecular weight is 322 g/mol. The van der Waals surface area contributed by atoms with Gasteiger partial charge in [0.15, 0.2) is 0 Å². The van der Waals surface area contributed by atoms with Crippen LogP contribution in [0.5, 0.6) is 0 Å². The molecule has 2 N–H and O–H groups in total. The smallest absolute Gasteiger partial charge is 0.273 e. The molecular weight excluding hydrogens is 306 g/mol. The van der Waals surface area contributed by atoms with E-state index in [-0.39, 0.29) is 5.91 Å². The van der Waals surface area contributed by atoms with Crippen molar-refractivity contribution in [3.05, 3.63) is 40.4 Å². The predicted octanol–water partition coefficient (Wildman–Crippen LogP) is 2.88. The SMILES string of the molecule is NCC1CCN(C(=O)c2csc(-c3ccccc3Cl)n2)C1. The zero-order valence-electron chi connectivity index (χ0n) is 11.5. The topological polar surface area (TPSA) is 59.2 Å². The molecule has 0 saturated carbocycles. The molecule has 1 atom stereocenters. The Morgan fingerprint density at radius 1 is 1.48 bits per heavy atom. The Labute approximate surface area is 132 Å². The van der Waals surface area contributed by atoms with Crippen LogP contribution in [0, 0.1) is 5.92 Å².